The third-order valence-electron chi connectivity index (χ3n) is 8.61. The van der Waals surface area contributed by atoms with Crippen LogP contribution >= 0.6 is 0 Å². The molecular weight excluding hydrogens is 452 g/mol. The van der Waals surface area contributed by atoms with Gasteiger partial charge in [0, 0.05) is 6.42 Å². The molecule has 1 rings (SSSR count). The Labute approximate surface area is 233 Å². The van der Waals surface area contributed by atoms with Crippen LogP contribution in [0.5, 0.6) is 0 Å². The summed E-state index contributed by atoms with van der Waals surface area (Å²) in [7, 11) is 0. The van der Waals surface area contributed by atoms with Gasteiger partial charge in [-0.3, -0.25) is 4.79 Å². The first kappa shape index (κ1) is 34.5. The van der Waals surface area contributed by atoms with E-state index < -0.39 is 0 Å². The standard InChI is InChI=1S/C35H68O2/c1-34-31-29-27-25-23-21-19-17-15-13-11-9-7-5-3-2-4-6-8-10-12-14-16-18-20-22-24-26-28-30-32-35(36)37-33-34/h34H,2-33H2,1H3. The molecule has 0 spiro atoms. The molecule has 1 saturated heterocycles. The minimum atomic E-state index is 0.0274. The van der Waals surface area contributed by atoms with Crippen LogP contribution in [-0.4, -0.2) is 12.6 Å². The highest BCUT2D eigenvalue weighted by Gasteiger charge is 2.07. The van der Waals surface area contributed by atoms with E-state index in [0.29, 0.717) is 18.9 Å². The van der Waals surface area contributed by atoms with Crippen LogP contribution in [0.4, 0.5) is 0 Å². The van der Waals surface area contributed by atoms with E-state index in [2.05, 4.69) is 6.92 Å². The molecule has 37 heavy (non-hydrogen) atoms. The monoisotopic (exact) mass is 521 g/mol. The maximum Gasteiger partial charge on any atom is 0.305 e. The van der Waals surface area contributed by atoms with Crippen molar-refractivity contribution < 1.29 is 9.53 Å². The average Bonchev–Trinajstić information content (AvgIpc) is 2.90. The SMILES string of the molecule is CC1CCCCCCCCCCCCCCCCCCCCCCCCCCCCCCCC(=O)OC1. The van der Waals surface area contributed by atoms with Crippen LogP contribution in [-0.2, 0) is 9.53 Å². The predicted octanol–water partition coefficient (Wildman–Crippen LogP) is 12.3. The van der Waals surface area contributed by atoms with Crippen LogP contribution < -0.4 is 0 Å². The van der Waals surface area contributed by atoms with Gasteiger partial charge in [0.1, 0.15) is 0 Å². The van der Waals surface area contributed by atoms with E-state index in [1.807, 2.05) is 0 Å². The van der Waals surface area contributed by atoms with Gasteiger partial charge < -0.3 is 4.74 Å². The van der Waals surface area contributed by atoms with Crippen molar-refractivity contribution in [3.05, 3.63) is 0 Å². The van der Waals surface area contributed by atoms with Gasteiger partial charge in [-0.05, 0) is 18.8 Å². The Balaban J connectivity index is 2.11. The largest absolute Gasteiger partial charge is 0.465 e. The van der Waals surface area contributed by atoms with Crippen molar-refractivity contribution in [2.45, 2.75) is 206 Å². The van der Waals surface area contributed by atoms with E-state index in [9.17, 15) is 4.79 Å². The first-order valence-electron chi connectivity index (χ1n) is 17.4. The van der Waals surface area contributed by atoms with E-state index in [4.69, 9.17) is 4.74 Å². The van der Waals surface area contributed by atoms with Gasteiger partial charge in [-0.1, -0.05) is 187 Å². The van der Waals surface area contributed by atoms with Crippen molar-refractivity contribution >= 4 is 5.97 Å². The molecule has 0 aliphatic carbocycles. The van der Waals surface area contributed by atoms with Gasteiger partial charge in [0.2, 0.25) is 0 Å². The Morgan fingerprint density at radius 2 is 0.649 bits per heavy atom. The van der Waals surface area contributed by atoms with E-state index in [-0.39, 0.29) is 5.97 Å². The summed E-state index contributed by atoms with van der Waals surface area (Å²) < 4.78 is 5.55. The quantitative estimate of drug-likeness (QED) is 0.297. The summed E-state index contributed by atoms with van der Waals surface area (Å²) in [5.74, 6) is 0.538. The number of cyclic esters (lactones) is 1. The number of rotatable bonds is 0. The third-order valence-corrected chi connectivity index (χ3v) is 8.61. The molecule has 220 valence electrons. The van der Waals surface area contributed by atoms with Gasteiger partial charge in [-0.25, -0.2) is 0 Å². The highest BCUT2D eigenvalue weighted by Crippen LogP contribution is 2.17. The molecule has 0 aromatic rings. The van der Waals surface area contributed by atoms with Gasteiger partial charge in [-0.2, -0.15) is 0 Å². The topological polar surface area (TPSA) is 26.3 Å². The molecule has 1 heterocycles. The van der Waals surface area contributed by atoms with Crippen LogP contribution in [0.3, 0.4) is 0 Å². The maximum absolute atomic E-state index is 12.0. The van der Waals surface area contributed by atoms with Crippen LogP contribution in [0.1, 0.15) is 206 Å². The number of carbonyl (C=O) groups is 1. The predicted molar refractivity (Wildman–Crippen MR) is 163 cm³/mol. The zero-order chi connectivity index (χ0) is 26.5. The molecule has 1 fully saturated rings. The summed E-state index contributed by atoms with van der Waals surface area (Å²) in [6.07, 6.45) is 42.5. The molecule has 0 aromatic carbocycles. The number of hydrogen-bond acceptors (Lipinski definition) is 2. The van der Waals surface area contributed by atoms with Crippen LogP contribution in [0.25, 0.3) is 0 Å². The van der Waals surface area contributed by atoms with Crippen molar-refractivity contribution in [3.8, 4) is 0 Å². The summed E-state index contributed by atoms with van der Waals surface area (Å²) in [5.41, 5.74) is 0. The fraction of sp³-hybridized carbons (Fsp3) is 0.971. The Morgan fingerprint density at radius 3 is 0.946 bits per heavy atom. The lowest BCUT2D eigenvalue weighted by Crippen LogP contribution is -2.11. The van der Waals surface area contributed by atoms with E-state index in [0.717, 1.165) is 6.42 Å². The van der Waals surface area contributed by atoms with Gasteiger partial charge in [0.15, 0.2) is 0 Å². The second-order valence-electron chi connectivity index (χ2n) is 12.6. The first-order valence-corrected chi connectivity index (χ1v) is 17.4. The molecule has 0 N–H and O–H groups in total. The van der Waals surface area contributed by atoms with Gasteiger partial charge >= 0.3 is 5.97 Å². The molecule has 0 radical (unpaired) electrons. The number of hydrogen-bond donors (Lipinski definition) is 0. The summed E-state index contributed by atoms with van der Waals surface area (Å²) in [4.78, 5) is 12.0. The minimum Gasteiger partial charge on any atom is -0.465 e. The minimum absolute atomic E-state index is 0.0274. The lowest BCUT2D eigenvalue weighted by Gasteiger charge is -2.12. The third kappa shape index (κ3) is 26.8. The molecule has 1 aliphatic rings. The Morgan fingerprint density at radius 1 is 0.405 bits per heavy atom. The van der Waals surface area contributed by atoms with Crippen LogP contribution in [0.2, 0.25) is 0 Å². The van der Waals surface area contributed by atoms with Gasteiger partial charge in [-0.15, -0.1) is 0 Å². The second kappa shape index (κ2) is 28.5. The highest BCUT2D eigenvalue weighted by atomic mass is 16.5. The molecule has 1 atom stereocenters. The molecule has 2 heteroatoms. The summed E-state index contributed by atoms with van der Waals surface area (Å²) in [6, 6.07) is 0. The average molecular weight is 521 g/mol. The van der Waals surface area contributed by atoms with Gasteiger partial charge in [0.25, 0.3) is 0 Å². The van der Waals surface area contributed by atoms with Crippen molar-refractivity contribution in [3.63, 3.8) is 0 Å². The Kier molecular flexibility index (Phi) is 26.6. The molecule has 1 aliphatic heterocycles. The highest BCUT2D eigenvalue weighted by molar-refractivity contribution is 5.69. The molecule has 0 saturated carbocycles. The van der Waals surface area contributed by atoms with Crippen molar-refractivity contribution in [2.24, 2.45) is 5.92 Å². The zero-order valence-electron chi connectivity index (χ0n) is 25.5. The second-order valence-corrected chi connectivity index (χ2v) is 12.6. The van der Waals surface area contributed by atoms with Crippen LogP contribution in [0.15, 0.2) is 0 Å². The van der Waals surface area contributed by atoms with Crippen molar-refractivity contribution in [1.29, 1.82) is 0 Å². The molecular formula is C35H68O2. The number of carbonyl (C=O) groups excluding carboxylic acids is 1. The summed E-state index contributed by atoms with van der Waals surface area (Å²) in [5, 5.41) is 0. The normalized spacial score (nSPS) is 25.2. The number of esters is 1. The van der Waals surface area contributed by atoms with Crippen molar-refractivity contribution in [1.82, 2.24) is 0 Å². The van der Waals surface area contributed by atoms with E-state index >= 15 is 0 Å². The lowest BCUT2D eigenvalue weighted by molar-refractivity contribution is -0.145. The van der Waals surface area contributed by atoms with E-state index in [1.165, 1.54) is 186 Å². The Hall–Kier alpha value is -0.530. The summed E-state index contributed by atoms with van der Waals surface area (Å²) in [6.45, 7) is 2.86. The number of ether oxygens (including phenoxy) is 1. The molecule has 0 amide bonds. The van der Waals surface area contributed by atoms with Crippen LogP contribution in [0, 0.1) is 5.92 Å². The zero-order valence-corrected chi connectivity index (χ0v) is 25.5. The molecule has 0 aromatic heterocycles. The Bertz CT molecular complexity index is 460. The maximum atomic E-state index is 12.0. The fourth-order valence-corrected chi connectivity index (χ4v) is 5.93. The van der Waals surface area contributed by atoms with E-state index in [1.54, 1.807) is 0 Å². The lowest BCUT2D eigenvalue weighted by atomic mass is 10.0. The van der Waals surface area contributed by atoms with Crippen molar-refractivity contribution in [2.75, 3.05) is 6.61 Å². The summed E-state index contributed by atoms with van der Waals surface area (Å²) >= 11 is 0. The smallest absolute Gasteiger partial charge is 0.305 e. The molecule has 1 unspecified atom stereocenters. The molecule has 2 nitrogen and oxygen atoms in total. The fourth-order valence-electron chi connectivity index (χ4n) is 5.93. The first-order chi connectivity index (χ1) is 18.3. The van der Waals surface area contributed by atoms with Gasteiger partial charge in [0.05, 0.1) is 6.61 Å². The molecule has 0 bridgehead atoms.